The molecule has 0 atom stereocenters. The molecule has 1 saturated carbocycles. The fraction of sp³-hybridized carbons (Fsp3) is 0.333. The molecule has 0 radical (unpaired) electrons. The van der Waals surface area contributed by atoms with Gasteiger partial charge in [-0.25, -0.2) is 0 Å². The lowest BCUT2D eigenvalue weighted by Crippen LogP contribution is -2.19. The van der Waals surface area contributed by atoms with Gasteiger partial charge >= 0.3 is 0 Å². The van der Waals surface area contributed by atoms with Crippen molar-refractivity contribution in [3.8, 4) is 0 Å². The van der Waals surface area contributed by atoms with Gasteiger partial charge in [0.15, 0.2) is 5.78 Å². The highest BCUT2D eigenvalue weighted by Crippen LogP contribution is 2.68. The van der Waals surface area contributed by atoms with Crippen LogP contribution in [-0.2, 0) is 4.79 Å². The number of hydrogen-bond donors (Lipinski definition) is 1. The number of halogens is 1. The smallest absolute Gasteiger partial charge is 0.228 e. The SMILES string of the molecule is CC1(C)C(C(=O)Nc2ccc(Cl)cc2C(=O)c2ccccc2)C1(C)C. The Hall–Kier alpha value is -2.13. The van der Waals surface area contributed by atoms with E-state index in [1.165, 1.54) is 0 Å². The fourth-order valence-electron chi connectivity index (χ4n) is 3.62. The van der Waals surface area contributed by atoms with Gasteiger partial charge in [-0.3, -0.25) is 9.59 Å². The van der Waals surface area contributed by atoms with Crippen LogP contribution < -0.4 is 5.32 Å². The molecule has 25 heavy (non-hydrogen) atoms. The van der Waals surface area contributed by atoms with E-state index in [2.05, 4.69) is 33.0 Å². The number of anilines is 1. The summed E-state index contributed by atoms with van der Waals surface area (Å²) >= 11 is 6.09. The molecule has 1 amide bonds. The summed E-state index contributed by atoms with van der Waals surface area (Å²) in [6.07, 6.45) is 0. The maximum Gasteiger partial charge on any atom is 0.228 e. The first-order chi connectivity index (χ1) is 11.7. The molecule has 3 nitrogen and oxygen atoms in total. The molecule has 0 saturated heterocycles. The Morgan fingerprint density at radius 3 is 2.12 bits per heavy atom. The maximum atomic E-state index is 12.8. The molecule has 2 aromatic carbocycles. The normalized spacial score (nSPS) is 17.8. The molecule has 0 bridgehead atoms. The first-order valence-corrected chi connectivity index (χ1v) is 8.74. The third-order valence-corrected chi connectivity index (χ3v) is 6.04. The number of ketones is 1. The summed E-state index contributed by atoms with van der Waals surface area (Å²) < 4.78 is 0. The molecule has 130 valence electrons. The molecule has 0 aliphatic heterocycles. The van der Waals surface area contributed by atoms with Gasteiger partial charge in [0.1, 0.15) is 0 Å². The minimum Gasteiger partial charge on any atom is -0.325 e. The molecule has 1 fully saturated rings. The van der Waals surface area contributed by atoms with E-state index in [9.17, 15) is 9.59 Å². The van der Waals surface area contributed by atoms with Gasteiger partial charge in [0.25, 0.3) is 0 Å². The van der Waals surface area contributed by atoms with Crippen molar-refractivity contribution in [2.75, 3.05) is 5.32 Å². The van der Waals surface area contributed by atoms with Crippen molar-refractivity contribution in [1.82, 2.24) is 0 Å². The summed E-state index contributed by atoms with van der Waals surface area (Å²) in [5.41, 5.74) is 1.35. The number of carbonyl (C=O) groups excluding carboxylic acids is 2. The monoisotopic (exact) mass is 355 g/mol. The highest BCUT2D eigenvalue weighted by Gasteiger charge is 2.68. The highest BCUT2D eigenvalue weighted by molar-refractivity contribution is 6.31. The molecule has 3 rings (SSSR count). The first-order valence-electron chi connectivity index (χ1n) is 8.36. The fourth-order valence-corrected chi connectivity index (χ4v) is 3.79. The van der Waals surface area contributed by atoms with Crippen LogP contribution in [0.1, 0.15) is 43.6 Å². The van der Waals surface area contributed by atoms with Gasteiger partial charge in [0.2, 0.25) is 5.91 Å². The number of nitrogens with one attached hydrogen (secondary N) is 1. The zero-order valence-corrected chi connectivity index (χ0v) is 15.6. The largest absolute Gasteiger partial charge is 0.325 e. The van der Waals surface area contributed by atoms with E-state index in [1.807, 2.05) is 18.2 Å². The van der Waals surface area contributed by atoms with Crippen LogP contribution >= 0.6 is 11.6 Å². The van der Waals surface area contributed by atoms with Gasteiger partial charge in [-0.05, 0) is 29.0 Å². The van der Waals surface area contributed by atoms with E-state index in [0.29, 0.717) is 21.8 Å². The third kappa shape index (κ3) is 2.98. The Balaban J connectivity index is 1.91. The van der Waals surface area contributed by atoms with Gasteiger partial charge in [-0.15, -0.1) is 0 Å². The first kappa shape index (κ1) is 17.7. The van der Waals surface area contributed by atoms with Crippen LogP contribution in [0.3, 0.4) is 0 Å². The Kier molecular flexibility index (Phi) is 4.24. The average molecular weight is 356 g/mol. The quantitative estimate of drug-likeness (QED) is 0.767. The summed E-state index contributed by atoms with van der Waals surface area (Å²) in [5.74, 6) is -0.303. The van der Waals surface area contributed by atoms with Crippen LogP contribution in [0.25, 0.3) is 0 Å². The summed E-state index contributed by atoms with van der Waals surface area (Å²) in [6.45, 7) is 8.37. The molecule has 0 unspecified atom stereocenters. The van der Waals surface area contributed by atoms with Crippen molar-refractivity contribution in [3.63, 3.8) is 0 Å². The summed E-state index contributed by atoms with van der Waals surface area (Å²) in [6, 6.07) is 14.0. The molecule has 0 aromatic heterocycles. The highest BCUT2D eigenvalue weighted by atomic mass is 35.5. The van der Waals surface area contributed by atoms with Crippen molar-refractivity contribution in [2.24, 2.45) is 16.7 Å². The van der Waals surface area contributed by atoms with Crippen molar-refractivity contribution in [2.45, 2.75) is 27.7 Å². The second kappa shape index (κ2) is 5.99. The maximum absolute atomic E-state index is 12.8. The van der Waals surface area contributed by atoms with E-state index in [0.717, 1.165) is 0 Å². The molecular formula is C21H22ClNO2. The van der Waals surface area contributed by atoms with Crippen molar-refractivity contribution in [3.05, 3.63) is 64.7 Å². The zero-order chi connectivity index (χ0) is 18.4. The molecule has 1 aliphatic rings. The lowest BCUT2D eigenvalue weighted by Gasteiger charge is -2.12. The van der Waals surface area contributed by atoms with Gasteiger partial charge in [-0.2, -0.15) is 0 Å². The molecular weight excluding hydrogens is 334 g/mol. The molecule has 4 heteroatoms. The molecule has 0 spiro atoms. The molecule has 1 N–H and O–H groups in total. The van der Waals surface area contributed by atoms with Crippen LogP contribution in [-0.4, -0.2) is 11.7 Å². The summed E-state index contributed by atoms with van der Waals surface area (Å²) in [5, 5.41) is 3.41. The number of rotatable bonds is 4. The minimum absolute atomic E-state index is 0.0561. The molecule has 2 aromatic rings. The predicted molar refractivity (Wildman–Crippen MR) is 101 cm³/mol. The van der Waals surface area contributed by atoms with Crippen LogP contribution in [0.15, 0.2) is 48.5 Å². The number of benzene rings is 2. The topological polar surface area (TPSA) is 46.2 Å². The minimum atomic E-state index is -0.160. The summed E-state index contributed by atoms with van der Waals surface area (Å²) in [7, 11) is 0. The average Bonchev–Trinajstić information content (AvgIpc) is 2.98. The lowest BCUT2D eigenvalue weighted by atomic mass is 10.0. The predicted octanol–water partition coefficient (Wildman–Crippen LogP) is 5.19. The molecule has 1 aliphatic carbocycles. The second-order valence-electron chi connectivity index (χ2n) is 7.75. The Labute approximate surface area is 153 Å². The van der Waals surface area contributed by atoms with E-state index in [4.69, 9.17) is 11.6 Å². The van der Waals surface area contributed by atoms with Gasteiger partial charge < -0.3 is 5.32 Å². The van der Waals surface area contributed by atoms with Crippen molar-refractivity contribution < 1.29 is 9.59 Å². The van der Waals surface area contributed by atoms with Crippen LogP contribution in [0.4, 0.5) is 5.69 Å². The van der Waals surface area contributed by atoms with E-state index >= 15 is 0 Å². The lowest BCUT2D eigenvalue weighted by molar-refractivity contribution is -0.118. The van der Waals surface area contributed by atoms with Crippen molar-refractivity contribution in [1.29, 1.82) is 0 Å². The Bertz CT molecular complexity index is 826. The van der Waals surface area contributed by atoms with Gasteiger partial charge in [-0.1, -0.05) is 69.6 Å². The van der Waals surface area contributed by atoms with Crippen LogP contribution in [0.5, 0.6) is 0 Å². The van der Waals surface area contributed by atoms with Gasteiger partial charge in [0.05, 0.1) is 5.69 Å². The zero-order valence-electron chi connectivity index (χ0n) is 14.9. The number of carbonyl (C=O) groups is 2. The van der Waals surface area contributed by atoms with E-state index in [-0.39, 0.29) is 28.4 Å². The Morgan fingerprint density at radius 1 is 0.960 bits per heavy atom. The number of hydrogen-bond acceptors (Lipinski definition) is 2. The second-order valence-corrected chi connectivity index (χ2v) is 8.19. The Morgan fingerprint density at radius 2 is 1.56 bits per heavy atom. The molecule has 0 heterocycles. The van der Waals surface area contributed by atoms with Crippen LogP contribution in [0, 0.1) is 16.7 Å². The third-order valence-electron chi connectivity index (χ3n) is 5.80. The summed E-state index contributed by atoms with van der Waals surface area (Å²) in [4.78, 5) is 25.6. The number of amides is 1. The van der Waals surface area contributed by atoms with E-state index < -0.39 is 0 Å². The van der Waals surface area contributed by atoms with Crippen LogP contribution in [0.2, 0.25) is 5.02 Å². The van der Waals surface area contributed by atoms with Crippen molar-refractivity contribution >= 4 is 29.0 Å². The standard InChI is InChI=1S/C21H22ClNO2/c1-20(2)18(21(20,3)4)19(25)23-16-11-10-14(22)12-15(16)17(24)13-8-6-5-7-9-13/h5-12,18H,1-4H3,(H,23,25). The van der Waals surface area contributed by atoms with E-state index in [1.54, 1.807) is 30.3 Å². The van der Waals surface area contributed by atoms with Gasteiger partial charge in [0, 0.05) is 22.1 Å².